The van der Waals surface area contributed by atoms with Crippen molar-refractivity contribution in [1.29, 1.82) is 0 Å². The molecule has 0 fully saturated rings. The third-order valence-corrected chi connectivity index (χ3v) is 2.99. The maximum Gasteiger partial charge on any atom is 0.243 e. The minimum atomic E-state index is -3.75. The predicted octanol–water partition coefficient (Wildman–Crippen LogP) is 0.808. The van der Waals surface area contributed by atoms with Crippen LogP contribution in [0.5, 0.6) is 0 Å². The summed E-state index contributed by atoms with van der Waals surface area (Å²) < 4.78 is 21.7. The van der Waals surface area contributed by atoms with Gasteiger partial charge in [0.05, 0.1) is 5.57 Å². The van der Waals surface area contributed by atoms with Crippen molar-refractivity contribution in [3.63, 3.8) is 0 Å². The highest BCUT2D eigenvalue weighted by Crippen LogP contribution is 2.19. The van der Waals surface area contributed by atoms with Crippen molar-refractivity contribution < 1.29 is 13.2 Å². The predicted molar refractivity (Wildman–Crippen MR) is 46.0 cm³/mol. The monoisotopic (exact) mass is 204 g/mol. The fraction of sp³-hybridized carbons (Fsp3) is 0.143. The van der Waals surface area contributed by atoms with Gasteiger partial charge in [-0.3, -0.25) is 0 Å². The first-order chi connectivity index (χ1) is 5.55. The normalized spacial score (nSPS) is 22.4. The molecule has 64 valence electrons. The smallest absolute Gasteiger partial charge is 0.233 e. The summed E-state index contributed by atoms with van der Waals surface area (Å²) in [4.78, 5) is 10.2. The van der Waals surface area contributed by atoms with Gasteiger partial charge in [0.15, 0.2) is 0 Å². The SMILES string of the molecule is O=C=C1C=CC=CC1S(=O)(=O)Cl. The van der Waals surface area contributed by atoms with Crippen LogP contribution in [-0.2, 0) is 13.8 Å². The van der Waals surface area contributed by atoms with Gasteiger partial charge in [-0.15, -0.1) is 0 Å². The minimum Gasteiger partial charge on any atom is -0.233 e. The number of carbonyl (C=O) groups excluding carboxylic acids is 1. The Balaban J connectivity index is 3.16. The van der Waals surface area contributed by atoms with Crippen LogP contribution in [0.4, 0.5) is 0 Å². The van der Waals surface area contributed by atoms with Gasteiger partial charge in [0.2, 0.25) is 9.05 Å². The summed E-state index contributed by atoms with van der Waals surface area (Å²) in [5.74, 6) is 1.53. The van der Waals surface area contributed by atoms with E-state index in [2.05, 4.69) is 0 Å². The van der Waals surface area contributed by atoms with E-state index in [-0.39, 0.29) is 5.57 Å². The molecule has 1 unspecified atom stereocenters. The first-order valence-corrected chi connectivity index (χ1v) is 5.46. The number of hydrogen-bond donors (Lipinski definition) is 0. The molecule has 1 aliphatic rings. The van der Waals surface area contributed by atoms with Crippen molar-refractivity contribution >= 4 is 25.7 Å². The van der Waals surface area contributed by atoms with Crippen LogP contribution in [0.25, 0.3) is 0 Å². The molecule has 0 radical (unpaired) electrons. The lowest BCUT2D eigenvalue weighted by Crippen LogP contribution is -2.17. The van der Waals surface area contributed by atoms with Gasteiger partial charge in [0.25, 0.3) is 0 Å². The molecule has 0 saturated carbocycles. The van der Waals surface area contributed by atoms with Crippen LogP contribution in [0.2, 0.25) is 0 Å². The highest BCUT2D eigenvalue weighted by molar-refractivity contribution is 8.14. The van der Waals surface area contributed by atoms with E-state index in [9.17, 15) is 13.2 Å². The number of hydrogen-bond acceptors (Lipinski definition) is 3. The number of allylic oxidation sites excluding steroid dienone is 3. The number of halogens is 1. The van der Waals surface area contributed by atoms with Crippen LogP contribution in [0.1, 0.15) is 0 Å². The van der Waals surface area contributed by atoms with Gasteiger partial charge < -0.3 is 0 Å². The third-order valence-electron chi connectivity index (χ3n) is 1.40. The van der Waals surface area contributed by atoms with Crippen molar-refractivity contribution in [3.8, 4) is 0 Å². The lowest BCUT2D eigenvalue weighted by atomic mass is 10.1. The highest BCUT2D eigenvalue weighted by Gasteiger charge is 2.25. The highest BCUT2D eigenvalue weighted by atomic mass is 35.7. The second kappa shape index (κ2) is 3.27. The van der Waals surface area contributed by atoms with Crippen LogP contribution < -0.4 is 0 Å². The van der Waals surface area contributed by atoms with Gasteiger partial charge in [0.1, 0.15) is 11.2 Å². The van der Waals surface area contributed by atoms with Crippen molar-refractivity contribution in [2.24, 2.45) is 0 Å². The summed E-state index contributed by atoms with van der Waals surface area (Å²) in [6, 6.07) is 0. The second-order valence-corrected chi connectivity index (χ2v) is 4.95. The van der Waals surface area contributed by atoms with Gasteiger partial charge in [-0.2, -0.15) is 0 Å². The van der Waals surface area contributed by atoms with Crippen molar-refractivity contribution in [2.75, 3.05) is 0 Å². The number of rotatable bonds is 1. The van der Waals surface area contributed by atoms with Gasteiger partial charge in [-0.05, 0) is 6.08 Å². The molecule has 0 heterocycles. The standard InChI is InChI=1S/C7H5ClO3S/c8-12(10,11)7-4-2-1-3-6(7)5-9/h1-4,7H. The van der Waals surface area contributed by atoms with Crippen molar-refractivity contribution in [1.82, 2.24) is 0 Å². The van der Waals surface area contributed by atoms with E-state index in [0.717, 1.165) is 0 Å². The first-order valence-electron chi connectivity index (χ1n) is 3.09. The molecule has 1 atom stereocenters. The molecule has 0 amide bonds. The topological polar surface area (TPSA) is 51.2 Å². The molecular weight excluding hydrogens is 200 g/mol. The van der Waals surface area contributed by atoms with Crippen LogP contribution in [-0.4, -0.2) is 19.6 Å². The molecule has 1 rings (SSSR count). The maximum absolute atomic E-state index is 10.8. The summed E-state index contributed by atoms with van der Waals surface area (Å²) in [5, 5.41) is -1.05. The van der Waals surface area contributed by atoms with Gasteiger partial charge >= 0.3 is 0 Å². The molecule has 0 N–H and O–H groups in total. The van der Waals surface area contributed by atoms with Crippen LogP contribution in [0.3, 0.4) is 0 Å². The van der Waals surface area contributed by atoms with Crippen molar-refractivity contribution in [2.45, 2.75) is 5.25 Å². The molecule has 0 saturated heterocycles. The summed E-state index contributed by atoms with van der Waals surface area (Å²) >= 11 is 0. The average Bonchev–Trinajstić information content (AvgIpc) is 2.03. The minimum absolute atomic E-state index is 0.0347. The van der Waals surface area contributed by atoms with E-state index in [1.54, 1.807) is 6.08 Å². The lowest BCUT2D eigenvalue weighted by molar-refractivity contribution is 0.566. The molecule has 0 bridgehead atoms. The van der Waals surface area contributed by atoms with E-state index in [1.807, 2.05) is 0 Å². The molecule has 0 spiro atoms. The van der Waals surface area contributed by atoms with E-state index in [4.69, 9.17) is 10.7 Å². The molecule has 0 aliphatic heterocycles. The Kier molecular flexibility index (Phi) is 2.52. The zero-order valence-electron chi connectivity index (χ0n) is 5.90. The Morgan fingerprint density at radius 3 is 2.50 bits per heavy atom. The summed E-state index contributed by atoms with van der Waals surface area (Å²) in [6.45, 7) is 0. The van der Waals surface area contributed by atoms with E-state index in [1.165, 1.54) is 24.2 Å². The summed E-state index contributed by atoms with van der Waals surface area (Å²) in [7, 11) is 1.32. The van der Waals surface area contributed by atoms with E-state index in [0.29, 0.717) is 0 Å². The third kappa shape index (κ3) is 1.85. The maximum atomic E-state index is 10.8. The molecule has 5 heteroatoms. The van der Waals surface area contributed by atoms with Crippen LogP contribution in [0, 0.1) is 0 Å². The summed E-state index contributed by atoms with van der Waals surface area (Å²) in [6.07, 6.45) is 5.78. The van der Waals surface area contributed by atoms with Crippen molar-refractivity contribution in [3.05, 3.63) is 29.9 Å². The van der Waals surface area contributed by atoms with E-state index < -0.39 is 14.3 Å². The zero-order valence-corrected chi connectivity index (χ0v) is 7.47. The quantitative estimate of drug-likeness (QED) is 0.469. The lowest BCUT2D eigenvalue weighted by Gasteiger charge is -2.08. The molecule has 3 nitrogen and oxygen atoms in total. The molecule has 0 aromatic rings. The molecule has 0 aromatic heterocycles. The fourth-order valence-electron chi connectivity index (χ4n) is 0.860. The van der Waals surface area contributed by atoms with Gasteiger partial charge in [0, 0.05) is 10.7 Å². The molecular formula is C7H5ClO3S. The average molecular weight is 205 g/mol. The van der Waals surface area contributed by atoms with Crippen LogP contribution in [0.15, 0.2) is 29.9 Å². The van der Waals surface area contributed by atoms with E-state index >= 15 is 0 Å². The molecule has 12 heavy (non-hydrogen) atoms. The Morgan fingerprint density at radius 1 is 1.42 bits per heavy atom. The largest absolute Gasteiger partial charge is 0.243 e. The Bertz CT molecular complexity index is 385. The first kappa shape index (κ1) is 9.26. The van der Waals surface area contributed by atoms with Gasteiger partial charge in [-0.25, -0.2) is 13.2 Å². The van der Waals surface area contributed by atoms with Gasteiger partial charge in [-0.1, -0.05) is 18.2 Å². The Labute approximate surface area is 74.4 Å². The van der Waals surface area contributed by atoms with Crippen LogP contribution >= 0.6 is 10.7 Å². The molecule has 0 aromatic carbocycles. The summed E-state index contributed by atoms with van der Waals surface area (Å²) in [5.41, 5.74) is 0.0347. The zero-order chi connectivity index (χ0) is 9.19. The molecule has 1 aliphatic carbocycles. The second-order valence-electron chi connectivity index (χ2n) is 2.20. The Morgan fingerprint density at radius 2 is 2.08 bits per heavy atom. The fourth-order valence-corrected chi connectivity index (χ4v) is 2.03. The Hall–Kier alpha value is -0.830.